The highest BCUT2D eigenvalue weighted by Gasteiger charge is 2.30. The molecular weight excluding hydrogens is 393 g/mol. The first kappa shape index (κ1) is 21.1. The molecule has 7 nitrogen and oxygen atoms in total. The Balaban J connectivity index is 1.37. The molecular formula is C19H21F3N2O5. The number of ether oxygens (including phenoxy) is 3. The van der Waals surface area contributed by atoms with Gasteiger partial charge in [0.25, 0.3) is 0 Å². The van der Waals surface area contributed by atoms with Crippen LogP contribution >= 0.6 is 0 Å². The zero-order chi connectivity index (χ0) is 20.7. The molecule has 1 aromatic heterocycles. The van der Waals surface area contributed by atoms with Gasteiger partial charge in [-0.3, -0.25) is 4.79 Å². The zero-order valence-corrected chi connectivity index (χ0v) is 15.5. The van der Waals surface area contributed by atoms with E-state index in [-0.39, 0.29) is 31.3 Å². The molecule has 1 saturated heterocycles. The van der Waals surface area contributed by atoms with Crippen molar-refractivity contribution in [2.45, 2.75) is 32.4 Å². The summed E-state index contributed by atoms with van der Waals surface area (Å²) >= 11 is 0. The fourth-order valence-corrected chi connectivity index (χ4v) is 2.79. The maximum atomic E-state index is 12.1. The molecule has 0 spiro atoms. The molecule has 0 aliphatic carbocycles. The van der Waals surface area contributed by atoms with Crippen LogP contribution in [0.2, 0.25) is 0 Å². The number of carbonyl (C=O) groups is 1. The average molecular weight is 414 g/mol. The quantitative estimate of drug-likeness (QED) is 0.679. The van der Waals surface area contributed by atoms with E-state index in [0.29, 0.717) is 36.1 Å². The van der Waals surface area contributed by atoms with Crippen molar-refractivity contribution in [2.24, 2.45) is 5.92 Å². The van der Waals surface area contributed by atoms with Crippen molar-refractivity contribution in [3.05, 3.63) is 47.3 Å². The molecule has 10 heteroatoms. The van der Waals surface area contributed by atoms with E-state index >= 15 is 0 Å². The summed E-state index contributed by atoms with van der Waals surface area (Å²) in [6, 6.07) is 7.03. The summed E-state index contributed by atoms with van der Waals surface area (Å²) in [7, 11) is 0. The smallest absolute Gasteiger partial charge is 0.406 e. The molecule has 1 atom stereocenters. The summed E-state index contributed by atoms with van der Waals surface area (Å²) in [5, 5.41) is 6.70. The molecule has 1 aliphatic heterocycles. The Kier molecular flexibility index (Phi) is 7.10. The lowest BCUT2D eigenvalue weighted by Crippen LogP contribution is -2.30. The Hall–Kier alpha value is -2.59. The summed E-state index contributed by atoms with van der Waals surface area (Å²) in [5.41, 5.74) is 1.17. The van der Waals surface area contributed by atoms with Crippen molar-refractivity contribution in [1.29, 1.82) is 0 Å². The predicted octanol–water partition coefficient (Wildman–Crippen LogP) is 2.99. The first-order chi connectivity index (χ1) is 13.9. The molecule has 29 heavy (non-hydrogen) atoms. The molecule has 1 fully saturated rings. The molecule has 0 saturated carbocycles. The van der Waals surface area contributed by atoms with E-state index in [0.717, 1.165) is 13.0 Å². The number of hydrogen-bond donors (Lipinski definition) is 1. The third-order valence-electron chi connectivity index (χ3n) is 4.23. The van der Waals surface area contributed by atoms with Crippen LogP contribution in [0.3, 0.4) is 0 Å². The summed E-state index contributed by atoms with van der Waals surface area (Å²) in [4.78, 5) is 11.9. The lowest BCUT2D eigenvalue weighted by Gasteiger charge is -2.09. The predicted molar refractivity (Wildman–Crippen MR) is 93.8 cm³/mol. The van der Waals surface area contributed by atoms with Gasteiger partial charge in [0.05, 0.1) is 25.3 Å². The number of benzene rings is 1. The molecule has 2 heterocycles. The monoisotopic (exact) mass is 414 g/mol. The van der Waals surface area contributed by atoms with Crippen LogP contribution in [-0.4, -0.2) is 37.2 Å². The largest absolute Gasteiger partial charge is 0.573 e. The molecule has 1 N–H and O–H groups in total. The first-order valence-corrected chi connectivity index (χ1v) is 9.09. The highest BCUT2D eigenvalue weighted by atomic mass is 19.4. The number of halogens is 3. The molecule has 1 aromatic carbocycles. The van der Waals surface area contributed by atoms with Crippen molar-refractivity contribution in [2.75, 3.05) is 19.8 Å². The van der Waals surface area contributed by atoms with Gasteiger partial charge in [-0.2, -0.15) is 0 Å². The van der Waals surface area contributed by atoms with Crippen LogP contribution in [0.25, 0.3) is 0 Å². The number of hydrogen-bond acceptors (Lipinski definition) is 6. The van der Waals surface area contributed by atoms with Crippen molar-refractivity contribution in [1.82, 2.24) is 10.5 Å². The zero-order valence-electron chi connectivity index (χ0n) is 15.5. The average Bonchev–Trinajstić information content (AvgIpc) is 3.32. The number of aromatic nitrogens is 1. The number of amides is 1. The highest BCUT2D eigenvalue weighted by Crippen LogP contribution is 2.23. The van der Waals surface area contributed by atoms with E-state index in [9.17, 15) is 18.0 Å². The Morgan fingerprint density at radius 3 is 2.72 bits per heavy atom. The second-order valence-corrected chi connectivity index (χ2v) is 6.68. The van der Waals surface area contributed by atoms with E-state index in [1.54, 1.807) is 6.07 Å². The number of alkyl halides is 3. The third kappa shape index (κ3) is 7.39. The first-order valence-electron chi connectivity index (χ1n) is 9.09. The molecule has 0 radical (unpaired) electrons. The van der Waals surface area contributed by atoms with Crippen LogP contribution in [0, 0.1) is 5.92 Å². The van der Waals surface area contributed by atoms with Gasteiger partial charge in [-0.1, -0.05) is 17.3 Å². The van der Waals surface area contributed by atoms with Gasteiger partial charge in [0.15, 0.2) is 5.76 Å². The van der Waals surface area contributed by atoms with Crippen LogP contribution < -0.4 is 10.1 Å². The van der Waals surface area contributed by atoms with E-state index in [4.69, 9.17) is 14.0 Å². The minimum Gasteiger partial charge on any atom is -0.406 e. The molecule has 158 valence electrons. The Bertz CT molecular complexity index is 786. The van der Waals surface area contributed by atoms with Crippen molar-refractivity contribution < 1.29 is 36.7 Å². The maximum Gasteiger partial charge on any atom is 0.573 e. The fraction of sp³-hybridized carbons (Fsp3) is 0.474. The molecule has 3 rings (SSSR count). The van der Waals surface area contributed by atoms with Gasteiger partial charge >= 0.3 is 6.36 Å². The number of rotatable bonds is 9. The minimum absolute atomic E-state index is 0.109. The van der Waals surface area contributed by atoms with Crippen LogP contribution in [-0.2, 0) is 33.9 Å². The molecule has 1 unspecified atom stereocenters. The van der Waals surface area contributed by atoms with Gasteiger partial charge in [0.1, 0.15) is 12.4 Å². The lowest BCUT2D eigenvalue weighted by atomic mass is 10.1. The number of nitrogens with one attached hydrogen (secondary N) is 1. The van der Waals surface area contributed by atoms with Crippen LogP contribution in [0.15, 0.2) is 34.9 Å². The van der Waals surface area contributed by atoms with Gasteiger partial charge < -0.3 is 24.1 Å². The molecule has 0 bridgehead atoms. The van der Waals surface area contributed by atoms with Crippen molar-refractivity contribution in [3.8, 4) is 5.75 Å². The number of nitrogens with zero attached hydrogens (tertiary/aromatic N) is 1. The topological polar surface area (TPSA) is 82.8 Å². The van der Waals surface area contributed by atoms with Gasteiger partial charge in [0, 0.05) is 25.1 Å². The SMILES string of the molecule is O=C(Cc1cc(COCc2ccc(OC(F)(F)F)cc2)on1)NCC1CCOC1. The van der Waals surface area contributed by atoms with Crippen LogP contribution in [0.5, 0.6) is 5.75 Å². The Morgan fingerprint density at radius 1 is 1.24 bits per heavy atom. The molecule has 1 aliphatic rings. The van der Waals surface area contributed by atoms with E-state index < -0.39 is 6.36 Å². The summed E-state index contributed by atoms with van der Waals surface area (Å²) < 4.78 is 56.1. The van der Waals surface area contributed by atoms with E-state index in [1.807, 2.05) is 0 Å². The van der Waals surface area contributed by atoms with Gasteiger partial charge in [-0.05, 0) is 24.1 Å². The Labute approximate surface area is 165 Å². The van der Waals surface area contributed by atoms with Crippen molar-refractivity contribution >= 4 is 5.91 Å². The third-order valence-corrected chi connectivity index (χ3v) is 4.23. The van der Waals surface area contributed by atoms with Crippen LogP contribution in [0.1, 0.15) is 23.4 Å². The van der Waals surface area contributed by atoms with Gasteiger partial charge in [0.2, 0.25) is 5.91 Å². The van der Waals surface area contributed by atoms with Crippen molar-refractivity contribution in [3.63, 3.8) is 0 Å². The Morgan fingerprint density at radius 2 is 2.03 bits per heavy atom. The second kappa shape index (κ2) is 9.75. The summed E-state index contributed by atoms with van der Waals surface area (Å²) in [6.45, 7) is 2.28. The highest BCUT2D eigenvalue weighted by molar-refractivity contribution is 5.78. The second-order valence-electron chi connectivity index (χ2n) is 6.68. The lowest BCUT2D eigenvalue weighted by molar-refractivity contribution is -0.274. The fourth-order valence-electron chi connectivity index (χ4n) is 2.79. The van der Waals surface area contributed by atoms with Gasteiger partial charge in [-0.15, -0.1) is 13.2 Å². The molecule has 2 aromatic rings. The van der Waals surface area contributed by atoms with Gasteiger partial charge in [-0.25, -0.2) is 0 Å². The maximum absolute atomic E-state index is 12.1. The molecule has 1 amide bonds. The summed E-state index contributed by atoms with van der Waals surface area (Å²) in [5.74, 6) is 0.377. The standard InChI is InChI=1S/C19H21F3N2O5/c20-19(21,22)28-16-3-1-13(2-4-16)10-27-12-17-7-15(24-29-17)8-18(25)23-9-14-5-6-26-11-14/h1-4,7,14H,5-6,8-12H2,(H,23,25). The van der Waals surface area contributed by atoms with E-state index in [2.05, 4.69) is 15.2 Å². The summed E-state index contributed by atoms with van der Waals surface area (Å²) in [6.07, 6.45) is -3.66. The van der Waals surface area contributed by atoms with E-state index in [1.165, 1.54) is 24.3 Å². The van der Waals surface area contributed by atoms with Crippen LogP contribution in [0.4, 0.5) is 13.2 Å². The number of carbonyl (C=O) groups excluding carboxylic acids is 1. The normalized spacial score (nSPS) is 16.7. The minimum atomic E-state index is -4.72.